The van der Waals surface area contributed by atoms with E-state index in [-0.39, 0.29) is 5.91 Å². The predicted molar refractivity (Wildman–Crippen MR) is 124 cm³/mol. The summed E-state index contributed by atoms with van der Waals surface area (Å²) in [5.41, 5.74) is 4.68. The minimum Gasteiger partial charge on any atom is -0.488 e. The Morgan fingerprint density at radius 1 is 1.06 bits per heavy atom. The first kappa shape index (κ1) is 19.2. The van der Waals surface area contributed by atoms with E-state index in [0.717, 1.165) is 45.5 Å². The van der Waals surface area contributed by atoms with Gasteiger partial charge in [-0.25, -0.2) is 4.98 Å². The van der Waals surface area contributed by atoms with Crippen molar-refractivity contribution in [3.05, 3.63) is 84.8 Å². The fourth-order valence-electron chi connectivity index (χ4n) is 4.09. The largest absolute Gasteiger partial charge is 0.488 e. The van der Waals surface area contributed by atoms with Crippen LogP contribution in [0.5, 0.6) is 0 Å². The summed E-state index contributed by atoms with van der Waals surface area (Å²) in [5.74, 6) is 2.11. The Morgan fingerprint density at radius 3 is 2.76 bits per heavy atom. The van der Waals surface area contributed by atoms with Gasteiger partial charge in [0.15, 0.2) is 23.6 Å². The third-order valence-corrected chi connectivity index (χ3v) is 5.77. The van der Waals surface area contributed by atoms with Crippen LogP contribution in [0.2, 0.25) is 0 Å². The van der Waals surface area contributed by atoms with Crippen molar-refractivity contribution >= 4 is 17.4 Å². The van der Waals surface area contributed by atoms with Gasteiger partial charge in [0.2, 0.25) is 0 Å². The van der Waals surface area contributed by atoms with Crippen LogP contribution in [-0.4, -0.2) is 31.8 Å². The lowest BCUT2D eigenvalue weighted by molar-refractivity contribution is -0.128. The van der Waals surface area contributed by atoms with E-state index >= 15 is 0 Å². The summed E-state index contributed by atoms with van der Waals surface area (Å²) in [7, 11) is 0. The molecule has 4 heterocycles. The van der Waals surface area contributed by atoms with E-state index in [1.807, 2.05) is 71.3 Å². The van der Waals surface area contributed by atoms with Gasteiger partial charge in [-0.1, -0.05) is 36.4 Å². The van der Waals surface area contributed by atoms with Gasteiger partial charge in [-0.2, -0.15) is 0 Å². The number of fused-ring (bicyclic) bond motifs is 5. The molecule has 0 bridgehead atoms. The highest BCUT2D eigenvalue weighted by atomic mass is 16.5. The van der Waals surface area contributed by atoms with Crippen LogP contribution in [0.15, 0.2) is 79.2 Å². The molecule has 4 aromatic rings. The Hall–Kier alpha value is -4.46. The molecule has 0 saturated heterocycles. The Bertz CT molecular complexity index is 1370. The van der Waals surface area contributed by atoms with Gasteiger partial charge in [-0.15, -0.1) is 10.2 Å². The van der Waals surface area contributed by atoms with Crippen LogP contribution in [0.4, 0.5) is 11.5 Å². The SMILES string of the molecule is O=C(NCc1ccc(-c2nnc3n2-c2cccnc2Nc2ccccc2-3)cc1)C1CC=CO1. The monoisotopic (exact) mass is 436 g/mol. The molecular weight excluding hydrogens is 416 g/mol. The molecule has 1 amide bonds. The zero-order chi connectivity index (χ0) is 22.2. The second-order valence-corrected chi connectivity index (χ2v) is 7.87. The molecule has 6 rings (SSSR count). The van der Waals surface area contributed by atoms with E-state index in [1.54, 1.807) is 12.5 Å². The van der Waals surface area contributed by atoms with Crippen LogP contribution in [0.3, 0.4) is 0 Å². The molecular formula is C25H20N6O2. The van der Waals surface area contributed by atoms with Crippen molar-refractivity contribution in [1.29, 1.82) is 0 Å². The van der Waals surface area contributed by atoms with Gasteiger partial charge < -0.3 is 15.4 Å². The van der Waals surface area contributed by atoms with Gasteiger partial charge in [-0.05, 0) is 35.9 Å². The molecule has 2 aliphatic rings. The Labute approximate surface area is 190 Å². The molecule has 33 heavy (non-hydrogen) atoms. The smallest absolute Gasteiger partial charge is 0.261 e. The Kier molecular flexibility index (Phi) is 4.61. The lowest BCUT2D eigenvalue weighted by Crippen LogP contribution is -2.33. The summed E-state index contributed by atoms with van der Waals surface area (Å²) in [5, 5.41) is 15.4. The molecule has 0 saturated carbocycles. The highest BCUT2D eigenvalue weighted by Crippen LogP contribution is 2.38. The number of nitrogens with one attached hydrogen (secondary N) is 2. The van der Waals surface area contributed by atoms with Crippen molar-refractivity contribution in [1.82, 2.24) is 25.1 Å². The number of carbonyl (C=O) groups excluding carboxylic acids is 1. The minimum atomic E-state index is -0.430. The van der Waals surface area contributed by atoms with Crippen molar-refractivity contribution in [3.63, 3.8) is 0 Å². The van der Waals surface area contributed by atoms with Gasteiger partial charge in [0.25, 0.3) is 5.91 Å². The second-order valence-electron chi connectivity index (χ2n) is 7.87. The van der Waals surface area contributed by atoms with Crippen molar-refractivity contribution in [2.75, 3.05) is 5.32 Å². The van der Waals surface area contributed by atoms with Crippen LogP contribution in [0.1, 0.15) is 12.0 Å². The van der Waals surface area contributed by atoms with Gasteiger partial charge in [0, 0.05) is 30.3 Å². The summed E-state index contributed by atoms with van der Waals surface area (Å²) < 4.78 is 7.30. The van der Waals surface area contributed by atoms with Gasteiger partial charge >= 0.3 is 0 Å². The second kappa shape index (κ2) is 7.90. The summed E-state index contributed by atoms with van der Waals surface area (Å²) in [6.45, 7) is 0.432. The number of nitrogens with zero attached hydrogens (tertiary/aromatic N) is 4. The molecule has 8 nitrogen and oxygen atoms in total. The first-order chi connectivity index (χ1) is 16.3. The minimum absolute atomic E-state index is 0.109. The Balaban J connectivity index is 1.33. The van der Waals surface area contributed by atoms with E-state index in [0.29, 0.717) is 13.0 Å². The van der Waals surface area contributed by atoms with Crippen molar-refractivity contribution in [2.45, 2.75) is 19.1 Å². The number of anilines is 2. The number of amides is 1. The number of hydrogen-bond donors (Lipinski definition) is 2. The number of carbonyl (C=O) groups is 1. The molecule has 2 N–H and O–H groups in total. The molecule has 2 aromatic heterocycles. The molecule has 1 atom stereocenters. The molecule has 0 spiro atoms. The lowest BCUT2D eigenvalue weighted by atomic mass is 10.1. The third kappa shape index (κ3) is 3.41. The number of aromatic nitrogens is 4. The summed E-state index contributed by atoms with van der Waals surface area (Å²) in [6, 6.07) is 19.9. The number of pyridine rings is 1. The number of rotatable bonds is 4. The number of para-hydroxylation sites is 1. The van der Waals surface area contributed by atoms with E-state index in [9.17, 15) is 4.79 Å². The maximum Gasteiger partial charge on any atom is 0.261 e. The van der Waals surface area contributed by atoms with Crippen LogP contribution in [-0.2, 0) is 16.1 Å². The number of benzene rings is 2. The molecule has 0 fully saturated rings. The fraction of sp³-hybridized carbons (Fsp3) is 0.120. The maximum absolute atomic E-state index is 12.2. The highest BCUT2D eigenvalue weighted by Gasteiger charge is 2.25. The van der Waals surface area contributed by atoms with Crippen LogP contribution < -0.4 is 10.6 Å². The zero-order valence-electron chi connectivity index (χ0n) is 17.6. The number of ether oxygens (including phenoxy) is 1. The van der Waals surface area contributed by atoms with Gasteiger partial charge in [-0.3, -0.25) is 9.36 Å². The molecule has 162 valence electrons. The zero-order valence-corrected chi connectivity index (χ0v) is 17.6. The topological polar surface area (TPSA) is 94.0 Å². The fourth-order valence-corrected chi connectivity index (χ4v) is 4.09. The molecule has 2 aliphatic heterocycles. The van der Waals surface area contributed by atoms with Crippen molar-refractivity contribution in [2.24, 2.45) is 0 Å². The molecule has 2 aromatic carbocycles. The molecule has 0 aliphatic carbocycles. The van der Waals surface area contributed by atoms with Gasteiger partial charge in [0.05, 0.1) is 17.6 Å². The Morgan fingerprint density at radius 2 is 1.91 bits per heavy atom. The first-order valence-corrected chi connectivity index (χ1v) is 10.7. The van der Waals surface area contributed by atoms with E-state index < -0.39 is 6.10 Å². The standard InChI is InChI=1S/C25H20N6O2/c32-25(21-8-4-14-33-21)27-15-16-9-11-17(12-10-16)23-29-30-24-18-5-1-2-6-19(18)28-22-20(31(23)24)7-3-13-26-22/h1-7,9-14,21H,8,15H2,(H,26,28)(H,27,32). The van der Waals surface area contributed by atoms with Gasteiger partial charge in [0.1, 0.15) is 0 Å². The lowest BCUT2D eigenvalue weighted by Gasteiger charge is -2.12. The summed E-state index contributed by atoms with van der Waals surface area (Å²) >= 11 is 0. The summed E-state index contributed by atoms with van der Waals surface area (Å²) in [6.07, 6.45) is 5.36. The van der Waals surface area contributed by atoms with E-state index in [4.69, 9.17) is 4.74 Å². The van der Waals surface area contributed by atoms with E-state index in [1.165, 1.54) is 0 Å². The highest BCUT2D eigenvalue weighted by molar-refractivity contribution is 5.85. The van der Waals surface area contributed by atoms with E-state index in [2.05, 4.69) is 25.8 Å². The van der Waals surface area contributed by atoms with Crippen LogP contribution >= 0.6 is 0 Å². The quantitative estimate of drug-likeness (QED) is 0.443. The maximum atomic E-state index is 12.2. The number of hydrogen-bond acceptors (Lipinski definition) is 6. The van der Waals surface area contributed by atoms with Crippen LogP contribution in [0, 0.1) is 0 Å². The first-order valence-electron chi connectivity index (χ1n) is 10.7. The average molecular weight is 436 g/mol. The molecule has 0 radical (unpaired) electrons. The van der Waals surface area contributed by atoms with Crippen LogP contribution in [0.25, 0.3) is 28.5 Å². The van der Waals surface area contributed by atoms with Crippen molar-refractivity contribution < 1.29 is 9.53 Å². The average Bonchev–Trinajstić information content (AvgIpc) is 3.52. The normalized spacial score (nSPS) is 15.5. The molecule has 1 unspecified atom stereocenters. The predicted octanol–water partition coefficient (Wildman–Crippen LogP) is 3.97. The van der Waals surface area contributed by atoms with Crippen molar-refractivity contribution in [3.8, 4) is 28.5 Å². The summed E-state index contributed by atoms with van der Waals surface area (Å²) in [4.78, 5) is 16.7. The molecule has 8 heteroatoms. The third-order valence-electron chi connectivity index (χ3n) is 5.77.